The molecule has 2 atom stereocenters. The van der Waals surface area contributed by atoms with Crippen molar-refractivity contribution in [2.45, 2.75) is 38.5 Å². The molecule has 1 rings (SSSR count). The van der Waals surface area contributed by atoms with Gasteiger partial charge in [-0.15, -0.1) is 0 Å². The maximum Gasteiger partial charge on any atom is 0.408 e. The van der Waals surface area contributed by atoms with Crippen LogP contribution in [0.5, 0.6) is 5.75 Å². The first kappa shape index (κ1) is 34.6. The minimum Gasteiger partial charge on any atom is -0.490 e. The summed E-state index contributed by atoms with van der Waals surface area (Å²) >= 11 is 0. The smallest absolute Gasteiger partial charge is 0.408 e. The number of carboxylic acid groups (broad SMARTS) is 1. The highest BCUT2D eigenvalue weighted by molar-refractivity contribution is 5.91. The van der Waals surface area contributed by atoms with Crippen LogP contribution in [0.25, 0.3) is 0 Å². The molecule has 14 nitrogen and oxygen atoms in total. The third-order valence-electron chi connectivity index (χ3n) is 4.77. The Hall–Kier alpha value is -3.46. The molecule has 0 saturated heterocycles. The molecule has 0 saturated carbocycles. The Bertz CT molecular complexity index is 935. The van der Waals surface area contributed by atoms with E-state index in [0.717, 1.165) is 0 Å². The summed E-state index contributed by atoms with van der Waals surface area (Å²) in [7, 11) is 2.53. The first-order valence-corrected chi connectivity index (χ1v) is 12.5. The van der Waals surface area contributed by atoms with E-state index in [1.54, 1.807) is 39.0 Å². The van der Waals surface area contributed by atoms with Gasteiger partial charge in [-0.05, 0) is 32.9 Å². The van der Waals surface area contributed by atoms with Crippen molar-refractivity contribution < 1.29 is 57.4 Å². The minimum atomic E-state index is -1.13. The van der Waals surface area contributed by atoms with E-state index in [2.05, 4.69) is 10.6 Å². The van der Waals surface area contributed by atoms with Gasteiger partial charge in [0.05, 0.1) is 53.4 Å². The largest absolute Gasteiger partial charge is 0.490 e. The summed E-state index contributed by atoms with van der Waals surface area (Å²) in [4.78, 5) is 48.0. The average Bonchev–Trinajstić information content (AvgIpc) is 2.89. The zero-order valence-corrected chi connectivity index (χ0v) is 23.6. The summed E-state index contributed by atoms with van der Waals surface area (Å²) in [6, 6.07) is 4.07. The number of hydrogen-bond donors (Lipinski definition) is 3. The van der Waals surface area contributed by atoms with E-state index in [1.807, 2.05) is 0 Å². The van der Waals surface area contributed by atoms with Crippen molar-refractivity contribution in [2.75, 3.05) is 67.1 Å². The third kappa shape index (κ3) is 14.6. The number of alkyl carbamates (subject to hydrolysis) is 1. The van der Waals surface area contributed by atoms with Gasteiger partial charge in [0.2, 0.25) is 5.91 Å². The number of aromatic carboxylic acids is 1. The van der Waals surface area contributed by atoms with Crippen LogP contribution in [-0.2, 0) is 38.0 Å². The van der Waals surface area contributed by atoms with Gasteiger partial charge in [-0.3, -0.25) is 4.79 Å². The fourth-order valence-electron chi connectivity index (χ4n) is 3.00. The number of methoxy groups -OCH3 is 2. The maximum atomic E-state index is 12.7. The van der Waals surface area contributed by atoms with Crippen molar-refractivity contribution in [1.29, 1.82) is 0 Å². The van der Waals surface area contributed by atoms with Gasteiger partial charge < -0.3 is 48.9 Å². The van der Waals surface area contributed by atoms with Gasteiger partial charge >= 0.3 is 18.0 Å². The van der Waals surface area contributed by atoms with E-state index < -0.39 is 41.6 Å². The molecule has 40 heavy (non-hydrogen) atoms. The molecule has 1 aromatic carbocycles. The third-order valence-corrected chi connectivity index (χ3v) is 4.77. The molecule has 0 aromatic heterocycles. The quantitative estimate of drug-likeness (QED) is 0.159. The number of ether oxygens (including phenoxy) is 7. The second-order valence-corrected chi connectivity index (χ2v) is 9.19. The summed E-state index contributed by atoms with van der Waals surface area (Å²) in [6.07, 6.45) is -0.812. The van der Waals surface area contributed by atoms with E-state index in [-0.39, 0.29) is 64.2 Å². The van der Waals surface area contributed by atoms with Crippen LogP contribution in [0, 0.1) is 0 Å². The molecule has 14 heteroatoms. The predicted molar refractivity (Wildman–Crippen MR) is 140 cm³/mol. The number of amides is 2. The van der Waals surface area contributed by atoms with Gasteiger partial charge in [0.25, 0.3) is 0 Å². The SMILES string of the molecule is COC[C@H](NC(=O)OC(C)(C)C)C(=O)N[C@@H](COCCOCCOCCOc1ccccc1C(=O)O)C(=O)OC. The molecule has 0 unspecified atom stereocenters. The molecule has 3 N–H and O–H groups in total. The Morgan fingerprint density at radius 2 is 1.43 bits per heavy atom. The number of para-hydroxylation sites is 1. The number of rotatable bonds is 19. The molecule has 0 aliphatic carbocycles. The molecular weight excluding hydrogens is 532 g/mol. The molecule has 226 valence electrons. The van der Waals surface area contributed by atoms with Crippen LogP contribution in [-0.4, -0.2) is 114 Å². The zero-order valence-electron chi connectivity index (χ0n) is 23.6. The lowest BCUT2D eigenvalue weighted by molar-refractivity contribution is -0.147. The van der Waals surface area contributed by atoms with Gasteiger partial charge in [-0.2, -0.15) is 0 Å². The van der Waals surface area contributed by atoms with Crippen molar-refractivity contribution in [1.82, 2.24) is 10.6 Å². The molecule has 1 aromatic rings. The van der Waals surface area contributed by atoms with E-state index in [0.29, 0.717) is 0 Å². The Balaban J connectivity index is 2.31. The molecule has 2 amide bonds. The van der Waals surface area contributed by atoms with Crippen LogP contribution in [0.4, 0.5) is 4.79 Å². The van der Waals surface area contributed by atoms with E-state index in [9.17, 15) is 19.2 Å². The molecule has 0 aliphatic rings. The number of nitrogens with one attached hydrogen (secondary N) is 2. The average molecular weight is 573 g/mol. The standard InChI is InChI=1S/C26H40N2O12/c1-26(2,3)40-25(33)28-19(16-34-4)22(29)27-20(24(32)35-5)17-38-13-12-36-10-11-37-14-15-39-21-9-7-6-8-18(21)23(30)31/h6-9,19-20H,10-17H2,1-5H3,(H,27,29)(H,28,33)(H,30,31)/t19-,20-/m0/s1. The van der Waals surface area contributed by atoms with E-state index in [4.69, 9.17) is 38.3 Å². The molecule has 0 heterocycles. The lowest BCUT2D eigenvalue weighted by Crippen LogP contribution is -2.55. The van der Waals surface area contributed by atoms with Gasteiger partial charge in [-0.25, -0.2) is 14.4 Å². The number of carbonyl (C=O) groups is 4. The Morgan fingerprint density at radius 3 is 2.00 bits per heavy atom. The highest BCUT2D eigenvalue weighted by Crippen LogP contribution is 2.17. The molecule has 0 radical (unpaired) electrons. The molecule has 0 spiro atoms. The normalized spacial score (nSPS) is 12.6. The topological polar surface area (TPSA) is 177 Å². The maximum absolute atomic E-state index is 12.7. The van der Waals surface area contributed by atoms with Crippen LogP contribution in [0.1, 0.15) is 31.1 Å². The summed E-state index contributed by atoms with van der Waals surface area (Å²) in [5.41, 5.74) is -0.688. The lowest BCUT2D eigenvalue weighted by Gasteiger charge is -2.24. The Labute approximate surface area is 233 Å². The molecule has 0 aliphatic heterocycles. The molecule has 0 fully saturated rings. The highest BCUT2D eigenvalue weighted by atomic mass is 16.6. The number of esters is 1. The Morgan fingerprint density at radius 1 is 0.825 bits per heavy atom. The second-order valence-electron chi connectivity index (χ2n) is 9.19. The summed E-state index contributed by atoms with van der Waals surface area (Å²) in [6.45, 7) is 5.96. The van der Waals surface area contributed by atoms with Crippen molar-refractivity contribution in [3.63, 3.8) is 0 Å². The minimum absolute atomic E-state index is 0.0760. The summed E-state index contributed by atoms with van der Waals surface area (Å²) in [5, 5.41) is 14.0. The Kier molecular flexibility index (Phi) is 16.2. The monoisotopic (exact) mass is 572 g/mol. The van der Waals surface area contributed by atoms with Gasteiger partial charge in [0.15, 0.2) is 6.04 Å². The summed E-state index contributed by atoms with van der Waals surface area (Å²) in [5.74, 6) is -2.22. The van der Waals surface area contributed by atoms with Crippen molar-refractivity contribution in [2.24, 2.45) is 0 Å². The van der Waals surface area contributed by atoms with Crippen molar-refractivity contribution >= 4 is 23.9 Å². The van der Waals surface area contributed by atoms with Crippen molar-refractivity contribution in [3.8, 4) is 5.75 Å². The van der Waals surface area contributed by atoms with Gasteiger partial charge in [0.1, 0.15) is 29.6 Å². The number of benzene rings is 1. The lowest BCUT2D eigenvalue weighted by atomic mass is 10.2. The zero-order chi connectivity index (χ0) is 30.0. The van der Waals surface area contributed by atoms with Crippen LogP contribution in [0.2, 0.25) is 0 Å². The predicted octanol–water partition coefficient (Wildman–Crippen LogP) is 1.01. The second kappa shape index (κ2) is 18.8. The number of hydrogen-bond acceptors (Lipinski definition) is 11. The van der Waals surface area contributed by atoms with Crippen LogP contribution < -0.4 is 15.4 Å². The van der Waals surface area contributed by atoms with Gasteiger partial charge in [0, 0.05) is 7.11 Å². The first-order chi connectivity index (χ1) is 19.0. The van der Waals surface area contributed by atoms with Gasteiger partial charge in [-0.1, -0.05) is 12.1 Å². The highest BCUT2D eigenvalue weighted by Gasteiger charge is 2.29. The number of carbonyl (C=O) groups excluding carboxylic acids is 3. The first-order valence-electron chi connectivity index (χ1n) is 12.5. The fraction of sp³-hybridized carbons (Fsp3) is 0.615. The fourth-order valence-corrected chi connectivity index (χ4v) is 3.00. The van der Waals surface area contributed by atoms with E-state index >= 15 is 0 Å². The van der Waals surface area contributed by atoms with Crippen LogP contribution in [0.3, 0.4) is 0 Å². The summed E-state index contributed by atoms with van der Waals surface area (Å²) < 4.78 is 36.5. The number of carboxylic acids is 1. The van der Waals surface area contributed by atoms with Crippen molar-refractivity contribution in [3.05, 3.63) is 29.8 Å². The van der Waals surface area contributed by atoms with Crippen LogP contribution in [0.15, 0.2) is 24.3 Å². The van der Waals surface area contributed by atoms with E-state index in [1.165, 1.54) is 20.3 Å². The molecular formula is C26H40N2O12. The van der Waals surface area contributed by atoms with Crippen LogP contribution >= 0.6 is 0 Å². The molecule has 0 bridgehead atoms.